The van der Waals surface area contributed by atoms with Crippen molar-refractivity contribution in [2.75, 3.05) is 26.2 Å². The van der Waals surface area contributed by atoms with Crippen LogP contribution in [0.4, 0.5) is 13.2 Å². The molecule has 1 saturated heterocycles. The van der Waals surface area contributed by atoms with Crippen LogP contribution in [-0.4, -0.2) is 55.1 Å². The molecule has 0 bridgehead atoms. The molecule has 1 aliphatic heterocycles. The zero-order chi connectivity index (χ0) is 15.2. The Morgan fingerprint density at radius 3 is 2.35 bits per heavy atom. The van der Waals surface area contributed by atoms with Crippen molar-refractivity contribution in [3.63, 3.8) is 0 Å². The second kappa shape index (κ2) is 7.47. The number of carbonyl (C=O) groups excluding carboxylic acids is 2. The van der Waals surface area contributed by atoms with Gasteiger partial charge in [-0.15, -0.1) is 0 Å². The topological polar surface area (TPSA) is 61.4 Å². The van der Waals surface area contributed by atoms with E-state index in [9.17, 15) is 22.8 Å². The molecule has 0 spiro atoms. The number of amides is 2. The molecule has 1 atom stereocenters. The fraction of sp³-hybridized carbons (Fsp3) is 0.833. The maximum atomic E-state index is 12.0. The molecule has 0 aromatic heterocycles. The SMILES string of the molecule is CC(NCC(=O)NCC(F)(F)F)C(=O)N1CCCCC1. The van der Waals surface area contributed by atoms with Crippen molar-refractivity contribution in [3.05, 3.63) is 0 Å². The summed E-state index contributed by atoms with van der Waals surface area (Å²) in [6, 6.07) is -0.579. The lowest BCUT2D eigenvalue weighted by Gasteiger charge is -2.29. The van der Waals surface area contributed by atoms with E-state index in [-0.39, 0.29) is 12.5 Å². The van der Waals surface area contributed by atoms with Crippen molar-refractivity contribution in [1.29, 1.82) is 0 Å². The summed E-state index contributed by atoms with van der Waals surface area (Å²) >= 11 is 0. The Labute approximate surface area is 115 Å². The van der Waals surface area contributed by atoms with Gasteiger partial charge in [-0.2, -0.15) is 13.2 Å². The van der Waals surface area contributed by atoms with Crippen LogP contribution in [-0.2, 0) is 9.59 Å². The lowest BCUT2D eigenvalue weighted by Crippen LogP contribution is -2.49. The first-order valence-corrected chi connectivity index (χ1v) is 6.65. The van der Waals surface area contributed by atoms with E-state index in [0.29, 0.717) is 13.1 Å². The molecule has 8 heteroatoms. The first-order valence-electron chi connectivity index (χ1n) is 6.65. The van der Waals surface area contributed by atoms with E-state index in [1.807, 2.05) is 0 Å². The largest absolute Gasteiger partial charge is 0.405 e. The number of nitrogens with zero attached hydrogens (tertiary/aromatic N) is 1. The van der Waals surface area contributed by atoms with Gasteiger partial charge in [0.05, 0.1) is 12.6 Å². The van der Waals surface area contributed by atoms with Crippen LogP contribution in [0.1, 0.15) is 26.2 Å². The molecule has 1 unspecified atom stereocenters. The summed E-state index contributed by atoms with van der Waals surface area (Å²) in [7, 11) is 0. The highest BCUT2D eigenvalue weighted by Gasteiger charge is 2.28. The molecule has 1 fully saturated rings. The van der Waals surface area contributed by atoms with Crippen LogP contribution in [0.15, 0.2) is 0 Å². The van der Waals surface area contributed by atoms with E-state index in [1.165, 1.54) is 0 Å². The standard InChI is InChI=1S/C12H20F3N3O2/c1-9(11(20)18-5-3-2-4-6-18)16-7-10(19)17-8-12(13,14)15/h9,16H,2-8H2,1H3,(H,17,19). The minimum atomic E-state index is -4.43. The van der Waals surface area contributed by atoms with Crippen molar-refractivity contribution < 1.29 is 22.8 Å². The van der Waals surface area contributed by atoms with Crippen molar-refractivity contribution in [2.24, 2.45) is 0 Å². The second-order valence-electron chi connectivity index (χ2n) is 4.88. The molecule has 0 radical (unpaired) electrons. The first-order chi connectivity index (χ1) is 9.29. The van der Waals surface area contributed by atoms with Gasteiger partial charge in [-0.25, -0.2) is 0 Å². The summed E-state index contributed by atoms with van der Waals surface area (Å²) in [5, 5.41) is 4.39. The van der Waals surface area contributed by atoms with E-state index >= 15 is 0 Å². The van der Waals surface area contributed by atoms with Crippen molar-refractivity contribution >= 4 is 11.8 Å². The maximum absolute atomic E-state index is 12.0. The molecule has 0 aromatic rings. The van der Waals surface area contributed by atoms with E-state index in [2.05, 4.69) is 5.32 Å². The molecule has 116 valence electrons. The van der Waals surface area contributed by atoms with Crippen LogP contribution in [0.3, 0.4) is 0 Å². The molecule has 5 nitrogen and oxygen atoms in total. The molecule has 2 amide bonds. The van der Waals surface area contributed by atoms with Crippen molar-refractivity contribution in [2.45, 2.75) is 38.4 Å². The highest BCUT2D eigenvalue weighted by atomic mass is 19.4. The molecule has 20 heavy (non-hydrogen) atoms. The smallest absolute Gasteiger partial charge is 0.346 e. The zero-order valence-corrected chi connectivity index (χ0v) is 11.4. The molecule has 2 N–H and O–H groups in total. The summed E-state index contributed by atoms with van der Waals surface area (Å²) in [5.74, 6) is -0.894. The van der Waals surface area contributed by atoms with Gasteiger partial charge in [-0.05, 0) is 26.2 Å². The Balaban J connectivity index is 2.26. The Hall–Kier alpha value is -1.31. The number of likely N-dealkylation sites (tertiary alicyclic amines) is 1. The first kappa shape index (κ1) is 16.7. The molecular weight excluding hydrogens is 275 g/mol. The molecule has 0 aromatic carbocycles. The van der Waals surface area contributed by atoms with Crippen molar-refractivity contribution in [3.8, 4) is 0 Å². The lowest BCUT2D eigenvalue weighted by molar-refractivity contribution is -0.138. The summed E-state index contributed by atoms with van der Waals surface area (Å²) < 4.78 is 35.7. The Bertz CT molecular complexity index is 341. The van der Waals surface area contributed by atoms with Crippen LogP contribution >= 0.6 is 0 Å². The number of hydrogen-bond donors (Lipinski definition) is 2. The molecule has 1 rings (SSSR count). The van der Waals surface area contributed by atoms with Crippen LogP contribution in [0.5, 0.6) is 0 Å². The highest BCUT2D eigenvalue weighted by molar-refractivity contribution is 5.83. The lowest BCUT2D eigenvalue weighted by atomic mass is 10.1. The van der Waals surface area contributed by atoms with E-state index < -0.39 is 24.7 Å². The number of rotatable bonds is 5. The zero-order valence-electron chi connectivity index (χ0n) is 11.4. The molecular formula is C12H20F3N3O2. The average molecular weight is 295 g/mol. The predicted molar refractivity (Wildman–Crippen MR) is 67.0 cm³/mol. The minimum Gasteiger partial charge on any atom is -0.346 e. The second-order valence-corrected chi connectivity index (χ2v) is 4.88. The van der Waals surface area contributed by atoms with Gasteiger partial charge in [0, 0.05) is 13.1 Å². The monoisotopic (exact) mass is 295 g/mol. The number of nitrogens with one attached hydrogen (secondary N) is 2. The normalized spacial score (nSPS) is 17.7. The predicted octanol–water partition coefficient (Wildman–Crippen LogP) is 0.655. The maximum Gasteiger partial charge on any atom is 0.405 e. The van der Waals surface area contributed by atoms with Gasteiger partial charge >= 0.3 is 6.18 Å². The number of hydrogen-bond acceptors (Lipinski definition) is 3. The Morgan fingerprint density at radius 2 is 1.80 bits per heavy atom. The Kier molecular flexibility index (Phi) is 6.25. The molecule has 1 heterocycles. The fourth-order valence-corrected chi connectivity index (χ4v) is 1.98. The van der Waals surface area contributed by atoms with Gasteiger partial charge in [0.1, 0.15) is 6.54 Å². The minimum absolute atomic E-state index is 0.117. The van der Waals surface area contributed by atoms with Crippen LogP contribution in [0, 0.1) is 0 Å². The van der Waals surface area contributed by atoms with E-state index in [4.69, 9.17) is 0 Å². The van der Waals surface area contributed by atoms with Crippen LogP contribution in [0.25, 0.3) is 0 Å². The van der Waals surface area contributed by atoms with Crippen LogP contribution < -0.4 is 10.6 Å². The van der Waals surface area contributed by atoms with E-state index in [1.54, 1.807) is 17.1 Å². The average Bonchev–Trinajstić information content (AvgIpc) is 2.41. The molecule has 0 saturated carbocycles. The van der Waals surface area contributed by atoms with Gasteiger partial charge in [-0.1, -0.05) is 0 Å². The summed E-state index contributed by atoms with van der Waals surface area (Å²) in [6.45, 7) is 1.34. The van der Waals surface area contributed by atoms with Crippen LogP contribution in [0.2, 0.25) is 0 Å². The Morgan fingerprint density at radius 1 is 1.20 bits per heavy atom. The number of carbonyl (C=O) groups is 2. The fourth-order valence-electron chi connectivity index (χ4n) is 1.98. The van der Waals surface area contributed by atoms with Gasteiger partial charge in [0.2, 0.25) is 11.8 Å². The van der Waals surface area contributed by atoms with E-state index in [0.717, 1.165) is 19.3 Å². The summed E-state index contributed by atoms with van der Waals surface area (Å²) in [5.41, 5.74) is 0. The third kappa shape index (κ3) is 6.23. The number of halogens is 3. The van der Waals surface area contributed by atoms with Crippen molar-refractivity contribution in [1.82, 2.24) is 15.5 Å². The number of alkyl halides is 3. The number of piperidine rings is 1. The third-order valence-corrected chi connectivity index (χ3v) is 3.09. The van der Waals surface area contributed by atoms with Gasteiger partial charge in [0.25, 0.3) is 0 Å². The molecule has 0 aliphatic carbocycles. The third-order valence-electron chi connectivity index (χ3n) is 3.09. The van der Waals surface area contributed by atoms with Gasteiger partial charge in [0.15, 0.2) is 0 Å². The quantitative estimate of drug-likeness (QED) is 0.783. The molecule has 1 aliphatic rings. The summed E-state index contributed by atoms with van der Waals surface area (Å²) in [6.07, 6.45) is -1.40. The highest BCUT2D eigenvalue weighted by Crippen LogP contribution is 2.12. The summed E-state index contributed by atoms with van der Waals surface area (Å²) in [4.78, 5) is 24.9. The van der Waals surface area contributed by atoms with Gasteiger partial charge < -0.3 is 10.2 Å². The van der Waals surface area contributed by atoms with Gasteiger partial charge in [-0.3, -0.25) is 14.9 Å².